The van der Waals surface area contributed by atoms with E-state index in [2.05, 4.69) is 5.32 Å². The predicted octanol–water partition coefficient (Wildman–Crippen LogP) is 5.69. The van der Waals surface area contributed by atoms with E-state index in [1.165, 1.54) is 12.1 Å². The SMILES string of the molecule is CC(C)(C)C(=O)Nc1cc(OCOCc2ccccc2)c(OCOCc2ccccc2)cc1[N+](=O)[O-]. The molecule has 1 N–H and O–H groups in total. The maximum absolute atomic E-state index is 12.5. The molecule has 0 atom stereocenters. The van der Waals surface area contributed by atoms with Crippen molar-refractivity contribution >= 4 is 17.3 Å². The van der Waals surface area contributed by atoms with E-state index in [9.17, 15) is 14.9 Å². The number of hydrogen-bond acceptors (Lipinski definition) is 7. The van der Waals surface area contributed by atoms with Crippen molar-refractivity contribution in [1.82, 2.24) is 0 Å². The summed E-state index contributed by atoms with van der Waals surface area (Å²) in [5.41, 5.74) is 0.833. The Morgan fingerprint density at radius 2 is 1.31 bits per heavy atom. The first-order valence-corrected chi connectivity index (χ1v) is 11.4. The molecule has 0 saturated carbocycles. The van der Waals surface area contributed by atoms with Crippen molar-refractivity contribution in [3.8, 4) is 11.5 Å². The number of nitrogens with one attached hydrogen (secondary N) is 1. The lowest BCUT2D eigenvalue weighted by Gasteiger charge is -2.19. The average Bonchev–Trinajstić information content (AvgIpc) is 2.85. The predicted molar refractivity (Wildman–Crippen MR) is 135 cm³/mol. The summed E-state index contributed by atoms with van der Waals surface area (Å²) < 4.78 is 22.6. The highest BCUT2D eigenvalue weighted by atomic mass is 16.7. The molecular formula is C27H30N2O7. The fourth-order valence-corrected chi connectivity index (χ4v) is 3.01. The minimum Gasteiger partial charge on any atom is -0.464 e. The van der Waals surface area contributed by atoms with E-state index in [-0.39, 0.29) is 42.4 Å². The van der Waals surface area contributed by atoms with Gasteiger partial charge in [0.1, 0.15) is 5.69 Å². The van der Waals surface area contributed by atoms with Crippen LogP contribution in [-0.4, -0.2) is 24.4 Å². The smallest absolute Gasteiger partial charge is 0.296 e. The summed E-state index contributed by atoms with van der Waals surface area (Å²) in [5, 5.41) is 14.4. The van der Waals surface area contributed by atoms with Crippen LogP contribution in [0.2, 0.25) is 0 Å². The lowest BCUT2D eigenvalue weighted by Crippen LogP contribution is -2.28. The van der Waals surface area contributed by atoms with E-state index in [1.54, 1.807) is 20.8 Å². The van der Waals surface area contributed by atoms with Gasteiger partial charge in [-0.3, -0.25) is 14.9 Å². The van der Waals surface area contributed by atoms with Crippen LogP contribution in [0.3, 0.4) is 0 Å². The minimum absolute atomic E-state index is 0.00413. The van der Waals surface area contributed by atoms with Gasteiger partial charge in [-0.05, 0) is 11.1 Å². The first-order chi connectivity index (χ1) is 17.2. The fourth-order valence-electron chi connectivity index (χ4n) is 3.01. The largest absolute Gasteiger partial charge is 0.464 e. The number of benzene rings is 3. The van der Waals surface area contributed by atoms with Crippen molar-refractivity contribution in [2.45, 2.75) is 34.0 Å². The third kappa shape index (κ3) is 8.07. The third-order valence-corrected chi connectivity index (χ3v) is 5.01. The Morgan fingerprint density at radius 1 is 0.833 bits per heavy atom. The molecule has 0 saturated heterocycles. The van der Waals surface area contributed by atoms with Gasteiger partial charge in [0.25, 0.3) is 5.69 Å². The van der Waals surface area contributed by atoms with E-state index in [4.69, 9.17) is 18.9 Å². The highest BCUT2D eigenvalue weighted by molar-refractivity contribution is 5.97. The van der Waals surface area contributed by atoms with Crippen LogP contribution >= 0.6 is 0 Å². The second-order valence-electron chi connectivity index (χ2n) is 8.97. The van der Waals surface area contributed by atoms with Crippen LogP contribution < -0.4 is 14.8 Å². The molecule has 3 aromatic carbocycles. The summed E-state index contributed by atoms with van der Waals surface area (Å²) in [5.74, 6) is -0.121. The number of anilines is 1. The van der Waals surface area contributed by atoms with E-state index >= 15 is 0 Å². The molecule has 0 unspecified atom stereocenters. The molecule has 0 spiro atoms. The van der Waals surface area contributed by atoms with Crippen LogP contribution in [0.1, 0.15) is 31.9 Å². The number of nitro benzene ring substituents is 1. The topological polar surface area (TPSA) is 109 Å². The van der Waals surface area contributed by atoms with E-state index in [0.717, 1.165) is 11.1 Å². The summed E-state index contributed by atoms with van der Waals surface area (Å²) in [6.07, 6.45) is 0. The van der Waals surface area contributed by atoms with Gasteiger partial charge in [0, 0.05) is 11.5 Å². The zero-order chi connectivity index (χ0) is 26.0. The van der Waals surface area contributed by atoms with Crippen molar-refractivity contribution in [3.05, 3.63) is 94.0 Å². The number of carbonyl (C=O) groups excluding carboxylic acids is 1. The third-order valence-electron chi connectivity index (χ3n) is 5.01. The van der Waals surface area contributed by atoms with Crippen LogP contribution in [0.4, 0.5) is 11.4 Å². The molecule has 9 nitrogen and oxygen atoms in total. The molecule has 9 heteroatoms. The Balaban J connectivity index is 1.75. The summed E-state index contributed by atoms with van der Waals surface area (Å²) in [4.78, 5) is 23.7. The molecule has 3 aromatic rings. The minimum atomic E-state index is -0.756. The standard InChI is InChI=1S/C27H30N2O7/c1-27(2,3)26(30)28-22-14-24(35-18-33-16-20-10-6-4-7-11-20)25(15-23(22)29(31)32)36-19-34-17-21-12-8-5-9-13-21/h4-15H,16-19H2,1-3H3,(H,28,30). The van der Waals surface area contributed by atoms with Crippen molar-refractivity contribution in [2.75, 3.05) is 18.9 Å². The van der Waals surface area contributed by atoms with Gasteiger partial charge in [-0.1, -0.05) is 81.4 Å². The van der Waals surface area contributed by atoms with Gasteiger partial charge < -0.3 is 24.3 Å². The molecule has 0 aliphatic carbocycles. The highest BCUT2D eigenvalue weighted by Crippen LogP contribution is 2.39. The van der Waals surface area contributed by atoms with Gasteiger partial charge in [0.15, 0.2) is 25.1 Å². The maximum Gasteiger partial charge on any atom is 0.296 e. The number of rotatable bonds is 12. The number of carbonyl (C=O) groups is 1. The van der Waals surface area contributed by atoms with Crippen molar-refractivity contribution in [2.24, 2.45) is 5.41 Å². The number of nitrogens with zero attached hydrogens (tertiary/aromatic N) is 1. The Bertz CT molecular complexity index is 1150. The van der Waals surface area contributed by atoms with Gasteiger partial charge in [-0.2, -0.15) is 0 Å². The summed E-state index contributed by atoms with van der Waals surface area (Å²) in [6, 6.07) is 21.7. The van der Waals surface area contributed by atoms with E-state index < -0.39 is 10.3 Å². The second-order valence-corrected chi connectivity index (χ2v) is 8.97. The Kier molecular flexibility index (Phi) is 9.38. The molecular weight excluding hydrogens is 464 g/mol. The molecule has 1 amide bonds. The fraction of sp³-hybridized carbons (Fsp3) is 0.296. The average molecular weight is 495 g/mol. The zero-order valence-corrected chi connectivity index (χ0v) is 20.6. The van der Waals surface area contributed by atoms with Crippen molar-refractivity contribution < 1.29 is 28.7 Å². The first-order valence-electron chi connectivity index (χ1n) is 11.4. The monoisotopic (exact) mass is 494 g/mol. The molecule has 0 bridgehead atoms. The van der Waals surface area contributed by atoms with Crippen LogP contribution in [0.5, 0.6) is 11.5 Å². The maximum atomic E-state index is 12.5. The number of nitro groups is 1. The normalized spacial score (nSPS) is 11.1. The molecule has 0 fully saturated rings. The molecule has 3 rings (SSSR count). The summed E-state index contributed by atoms with van der Waals surface area (Å²) >= 11 is 0. The molecule has 36 heavy (non-hydrogen) atoms. The Morgan fingerprint density at radius 3 is 1.75 bits per heavy atom. The molecule has 190 valence electrons. The second kappa shape index (κ2) is 12.7. The van der Waals surface area contributed by atoms with Crippen LogP contribution in [0.15, 0.2) is 72.8 Å². The quantitative estimate of drug-likeness (QED) is 0.149. The first kappa shape index (κ1) is 26.7. The Hall–Kier alpha value is -3.95. The number of ether oxygens (including phenoxy) is 4. The molecule has 0 radical (unpaired) electrons. The highest BCUT2D eigenvalue weighted by Gasteiger charge is 2.27. The number of amides is 1. The molecule has 0 heterocycles. The molecule has 0 aliphatic rings. The summed E-state index contributed by atoms with van der Waals surface area (Å²) in [7, 11) is 0. The van der Waals surface area contributed by atoms with Gasteiger partial charge in [0.2, 0.25) is 5.91 Å². The van der Waals surface area contributed by atoms with Crippen molar-refractivity contribution in [3.63, 3.8) is 0 Å². The zero-order valence-electron chi connectivity index (χ0n) is 20.6. The van der Waals surface area contributed by atoms with Gasteiger partial charge in [-0.15, -0.1) is 0 Å². The lowest BCUT2D eigenvalue weighted by atomic mass is 9.95. The van der Waals surface area contributed by atoms with Gasteiger partial charge in [-0.25, -0.2) is 0 Å². The van der Waals surface area contributed by atoms with Gasteiger partial charge >= 0.3 is 0 Å². The van der Waals surface area contributed by atoms with Crippen LogP contribution in [-0.2, 0) is 27.5 Å². The summed E-state index contributed by atoms with van der Waals surface area (Å²) in [6.45, 7) is 5.46. The van der Waals surface area contributed by atoms with E-state index in [0.29, 0.717) is 13.2 Å². The Labute approximate surface area is 210 Å². The van der Waals surface area contributed by atoms with Crippen LogP contribution in [0.25, 0.3) is 0 Å². The lowest BCUT2D eigenvalue weighted by molar-refractivity contribution is -0.384. The van der Waals surface area contributed by atoms with E-state index in [1.807, 2.05) is 60.7 Å². The molecule has 0 aliphatic heterocycles. The van der Waals surface area contributed by atoms with Crippen LogP contribution in [0, 0.1) is 15.5 Å². The van der Waals surface area contributed by atoms with Gasteiger partial charge in [0.05, 0.1) is 24.2 Å². The molecule has 0 aromatic heterocycles. The number of hydrogen-bond donors (Lipinski definition) is 1. The van der Waals surface area contributed by atoms with Crippen molar-refractivity contribution in [1.29, 1.82) is 0 Å².